The molecule has 162 valence electrons. The molecule has 0 spiro atoms. The van der Waals surface area contributed by atoms with Gasteiger partial charge in [0, 0.05) is 23.5 Å². The summed E-state index contributed by atoms with van der Waals surface area (Å²) in [6.07, 6.45) is 4.05. The van der Waals surface area contributed by atoms with E-state index >= 15 is 0 Å². The van der Waals surface area contributed by atoms with E-state index in [1.54, 1.807) is 16.2 Å². The van der Waals surface area contributed by atoms with Gasteiger partial charge in [0.05, 0.1) is 11.3 Å². The third-order valence-corrected chi connectivity index (χ3v) is 7.29. The molecule has 2 aliphatic rings. The number of benzene rings is 2. The first kappa shape index (κ1) is 20.6. The number of anilines is 1. The number of carbonyl (C=O) groups is 2. The molecule has 0 fully saturated rings. The lowest BCUT2D eigenvalue weighted by atomic mass is 9.95. The van der Waals surface area contributed by atoms with E-state index in [-0.39, 0.29) is 11.8 Å². The van der Waals surface area contributed by atoms with E-state index in [0.29, 0.717) is 29.4 Å². The molecule has 6 heteroatoms. The number of nitrogens with zero attached hydrogens (tertiary/aromatic N) is 2. The van der Waals surface area contributed by atoms with Crippen molar-refractivity contribution in [3.8, 4) is 0 Å². The van der Waals surface area contributed by atoms with Crippen LogP contribution in [-0.2, 0) is 24.2 Å². The summed E-state index contributed by atoms with van der Waals surface area (Å²) in [6.45, 7) is 3.01. The van der Waals surface area contributed by atoms with Crippen LogP contribution in [0.4, 0.5) is 10.7 Å². The second kappa shape index (κ2) is 8.71. The first-order chi connectivity index (χ1) is 15.7. The quantitative estimate of drug-likeness (QED) is 0.600. The maximum absolute atomic E-state index is 13.3. The molecule has 1 aliphatic carbocycles. The first-order valence-electron chi connectivity index (χ1n) is 11.1. The molecule has 32 heavy (non-hydrogen) atoms. The molecule has 0 radical (unpaired) electrons. The molecule has 0 bridgehead atoms. The summed E-state index contributed by atoms with van der Waals surface area (Å²) in [6, 6.07) is 17.6. The number of likely N-dealkylation sites (N-methyl/N-ethyl adjacent to an activating group) is 1. The minimum atomic E-state index is -0.112. The number of hydrogen-bond donors (Lipinski definition) is 1. The Labute approximate surface area is 191 Å². The lowest BCUT2D eigenvalue weighted by Crippen LogP contribution is -2.29. The summed E-state index contributed by atoms with van der Waals surface area (Å²) in [5.41, 5.74) is 4.96. The number of fused-ring (bicyclic) bond motifs is 2. The zero-order valence-electron chi connectivity index (χ0n) is 18.1. The molecule has 0 atom stereocenters. The summed E-state index contributed by atoms with van der Waals surface area (Å²) in [4.78, 5) is 34.3. The highest BCUT2D eigenvalue weighted by atomic mass is 32.1. The third kappa shape index (κ3) is 3.65. The maximum Gasteiger partial charge on any atom is 0.277 e. The molecule has 2 aromatic carbocycles. The molecular formula is C26H25N3O2S. The van der Waals surface area contributed by atoms with Crippen LogP contribution < -0.4 is 10.2 Å². The lowest BCUT2D eigenvalue weighted by Gasteiger charge is -2.13. The molecule has 1 N–H and O–H groups in total. The molecule has 1 aromatic heterocycles. The van der Waals surface area contributed by atoms with Crippen molar-refractivity contribution < 1.29 is 9.59 Å². The van der Waals surface area contributed by atoms with Crippen molar-refractivity contribution in [2.24, 2.45) is 4.99 Å². The number of hydrogen-bond acceptors (Lipinski definition) is 4. The standard InChI is InChI=1S/C26H25N3O2S/c1-2-29-20-14-8-6-12-18(20)23(26(29)31)28-25-22(19-13-7-9-15-21(19)32-25)24(30)27-16-17-10-4-3-5-11-17/h3-6,8,10-12,14H,2,7,9,13,15-16H2,1H3,(H,27,30). The molecule has 2 amide bonds. The van der Waals surface area contributed by atoms with Crippen LogP contribution in [0.15, 0.2) is 59.6 Å². The van der Waals surface area contributed by atoms with Gasteiger partial charge >= 0.3 is 0 Å². The van der Waals surface area contributed by atoms with E-state index in [9.17, 15) is 9.59 Å². The highest BCUT2D eigenvalue weighted by Gasteiger charge is 2.34. The first-order valence-corrected chi connectivity index (χ1v) is 12.0. The van der Waals surface area contributed by atoms with Crippen LogP contribution in [0, 0.1) is 0 Å². The van der Waals surface area contributed by atoms with Gasteiger partial charge in [0.15, 0.2) is 0 Å². The fraction of sp³-hybridized carbons (Fsp3) is 0.269. The van der Waals surface area contributed by atoms with Gasteiger partial charge < -0.3 is 10.2 Å². The highest BCUT2D eigenvalue weighted by molar-refractivity contribution is 7.16. The van der Waals surface area contributed by atoms with E-state index < -0.39 is 0 Å². The zero-order valence-corrected chi connectivity index (χ0v) is 18.9. The van der Waals surface area contributed by atoms with Crippen LogP contribution in [0.3, 0.4) is 0 Å². The van der Waals surface area contributed by atoms with Crippen molar-refractivity contribution in [2.45, 2.75) is 39.2 Å². The topological polar surface area (TPSA) is 61.8 Å². The Morgan fingerprint density at radius 2 is 1.81 bits per heavy atom. The van der Waals surface area contributed by atoms with Gasteiger partial charge in [-0.15, -0.1) is 11.3 Å². The molecule has 0 unspecified atom stereocenters. The van der Waals surface area contributed by atoms with E-state index in [2.05, 4.69) is 5.32 Å². The normalized spacial score (nSPS) is 16.2. The second-order valence-corrected chi connectivity index (χ2v) is 9.17. The predicted molar refractivity (Wildman–Crippen MR) is 129 cm³/mol. The highest BCUT2D eigenvalue weighted by Crippen LogP contribution is 2.41. The SMILES string of the molecule is CCN1C(=O)C(=Nc2sc3c(c2C(=O)NCc2ccccc2)CCCC3)c2ccccc21. The van der Waals surface area contributed by atoms with Gasteiger partial charge in [0.25, 0.3) is 11.8 Å². The number of rotatable bonds is 5. The summed E-state index contributed by atoms with van der Waals surface area (Å²) in [5, 5.41) is 3.72. The third-order valence-electron chi connectivity index (χ3n) is 6.10. The Morgan fingerprint density at radius 1 is 1.06 bits per heavy atom. The van der Waals surface area contributed by atoms with Crippen LogP contribution in [-0.4, -0.2) is 24.1 Å². The second-order valence-electron chi connectivity index (χ2n) is 8.09. The molecule has 5 nitrogen and oxygen atoms in total. The maximum atomic E-state index is 13.3. The van der Waals surface area contributed by atoms with Crippen molar-refractivity contribution in [1.82, 2.24) is 5.32 Å². The van der Waals surface area contributed by atoms with Gasteiger partial charge in [-0.1, -0.05) is 48.5 Å². The van der Waals surface area contributed by atoms with Crippen molar-refractivity contribution in [2.75, 3.05) is 11.4 Å². The Balaban J connectivity index is 1.54. The van der Waals surface area contributed by atoms with Crippen molar-refractivity contribution in [3.05, 3.63) is 81.7 Å². The number of nitrogens with one attached hydrogen (secondary N) is 1. The summed E-state index contributed by atoms with van der Waals surface area (Å²) in [5.74, 6) is -0.214. The fourth-order valence-electron chi connectivity index (χ4n) is 4.52. The minimum Gasteiger partial charge on any atom is -0.348 e. The molecular weight excluding hydrogens is 418 g/mol. The Kier molecular flexibility index (Phi) is 5.62. The largest absolute Gasteiger partial charge is 0.348 e. The van der Waals surface area contributed by atoms with E-state index in [0.717, 1.165) is 48.1 Å². The molecule has 1 aliphatic heterocycles. The average Bonchev–Trinajstić information content (AvgIpc) is 3.33. The Bertz CT molecular complexity index is 1210. The van der Waals surface area contributed by atoms with Crippen LogP contribution in [0.25, 0.3) is 0 Å². The molecule has 0 saturated heterocycles. The number of amides is 2. The van der Waals surface area contributed by atoms with E-state index in [4.69, 9.17) is 4.99 Å². The Morgan fingerprint density at radius 3 is 2.62 bits per heavy atom. The van der Waals surface area contributed by atoms with Crippen molar-refractivity contribution >= 4 is 39.6 Å². The van der Waals surface area contributed by atoms with Crippen LogP contribution in [0.2, 0.25) is 0 Å². The number of carbonyl (C=O) groups excluding carboxylic acids is 2. The summed E-state index contributed by atoms with van der Waals surface area (Å²) >= 11 is 1.57. The molecule has 0 saturated carbocycles. The van der Waals surface area contributed by atoms with Crippen molar-refractivity contribution in [3.63, 3.8) is 0 Å². The van der Waals surface area contributed by atoms with Crippen molar-refractivity contribution in [1.29, 1.82) is 0 Å². The van der Waals surface area contributed by atoms with Gasteiger partial charge in [-0.3, -0.25) is 9.59 Å². The predicted octanol–water partition coefficient (Wildman–Crippen LogP) is 5.04. The smallest absolute Gasteiger partial charge is 0.277 e. The van der Waals surface area contributed by atoms with Gasteiger partial charge in [-0.05, 0) is 49.8 Å². The summed E-state index contributed by atoms with van der Waals surface area (Å²) in [7, 11) is 0. The average molecular weight is 444 g/mol. The summed E-state index contributed by atoms with van der Waals surface area (Å²) < 4.78 is 0. The zero-order chi connectivity index (χ0) is 22.1. The van der Waals surface area contributed by atoms with Gasteiger partial charge in [0.2, 0.25) is 0 Å². The molecule has 3 aromatic rings. The minimum absolute atomic E-state index is 0.101. The van der Waals surface area contributed by atoms with Gasteiger partial charge in [-0.25, -0.2) is 4.99 Å². The molecule has 5 rings (SSSR count). The van der Waals surface area contributed by atoms with E-state index in [1.807, 2.05) is 61.5 Å². The van der Waals surface area contributed by atoms with Gasteiger partial charge in [-0.2, -0.15) is 0 Å². The number of thiophene rings is 1. The number of para-hydroxylation sites is 1. The van der Waals surface area contributed by atoms with Crippen LogP contribution in [0.5, 0.6) is 0 Å². The van der Waals surface area contributed by atoms with Crippen LogP contribution >= 0.6 is 11.3 Å². The fourth-order valence-corrected chi connectivity index (χ4v) is 5.78. The number of aliphatic imine (C=N–C) groups is 1. The lowest BCUT2D eigenvalue weighted by molar-refractivity contribution is -0.112. The monoisotopic (exact) mass is 443 g/mol. The van der Waals surface area contributed by atoms with Crippen LogP contribution in [0.1, 0.15) is 51.7 Å². The molecule has 2 heterocycles. The Hall–Kier alpha value is -3.25. The number of aryl methyl sites for hydroxylation is 1. The van der Waals surface area contributed by atoms with Gasteiger partial charge in [0.1, 0.15) is 10.7 Å². The van der Waals surface area contributed by atoms with E-state index in [1.165, 1.54) is 4.88 Å².